The Balaban J connectivity index is 1.98. The van der Waals surface area contributed by atoms with Crippen LogP contribution >= 0.6 is 0 Å². The topological polar surface area (TPSA) is 93.5 Å². The van der Waals surface area contributed by atoms with Gasteiger partial charge in [0, 0.05) is 13.1 Å². The van der Waals surface area contributed by atoms with Gasteiger partial charge in [-0.05, 0) is 63.6 Å². The van der Waals surface area contributed by atoms with Gasteiger partial charge in [-0.3, -0.25) is 4.79 Å². The van der Waals surface area contributed by atoms with E-state index < -0.39 is 15.9 Å². The molecule has 0 spiro atoms. The number of ether oxygens (including phenoxy) is 1. The number of hydrogen-bond donors (Lipinski definition) is 1. The van der Waals surface area contributed by atoms with Crippen molar-refractivity contribution < 1.29 is 17.9 Å². The van der Waals surface area contributed by atoms with Gasteiger partial charge in [0.05, 0.1) is 39.8 Å². The predicted molar refractivity (Wildman–Crippen MR) is 133 cm³/mol. The molecule has 0 fully saturated rings. The molecule has 3 rings (SSSR count). The minimum atomic E-state index is -3.70. The van der Waals surface area contributed by atoms with Crippen LogP contribution in [-0.4, -0.2) is 47.6 Å². The molecule has 0 atom stereocenters. The summed E-state index contributed by atoms with van der Waals surface area (Å²) in [6, 6.07) is 12.4. The highest BCUT2D eigenvalue weighted by atomic mass is 32.2. The maximum absolute atomic E-state index is 13.2. The number of carbonyl (C=O) groups excluding carboxylic acids is 1. The molecule has 0 saturated carbocycles. The lowest BCUT2D eigenvalue weighted by molar-refractivity contribution is 0.102. The molecule has 8 nitrogen and oxygen atoms in total. The molecule has 0 unspecified atom stereocenters. The second-order valence-electron chi connectivity index (χ2n) is 8.26. The molecule has 1 amide bonds. The fourth-order valence-corrected chi connectivity index (χ4v) is 5.16. The SMILES string of the molecule is CCN(CC)S(=O)(=O)c1ccc(OC(C)C)c(NC(=O)c2cnn(-c3cccc(C)c3)c2C)c1. The van der Waals surface area contributed by atoms with Gasteiger partial charge in [0.15, 0.2) is 0 Å². The molecule has 1 heterocycles. The fraction of sp³-hybridized carbons (Fsp3) is 0.360. The van der Waals surface area contributed by atoms with Gasteiger partial charge in [-0.25, -0.2) is 13.1 Å². The second-order valence-corrected chi connectivity index (χ2v) is 10.2. The van der Waals surface area contributed by atoms with Crippen molar-refractivity contribution in [2.24, 2.45) is 0 Å². The summed E-state index contributed by atoms with van der Waals surface area (Å²) in [6.07, 6.45) is 1.35. The van der Waals surface area contributed by atoms with Crippen molar-refractivity contribution in [2.45, 2.75) is 52.5 Å². The fourth-order valence-electron chi connectivity index (χ4n) is 3.68. The van der Waals surface area contributed by atoms with Crippen LogP contribution in [0.5, 0.6) is 5.75 Å². The number of aromatic nitrogens is 2. The molecule has 0 bridgehead atoms. The second kappa shape index (κ2) is 10.4. The summed E-state index contributed by atoms with van der Waals surface area (Å²) in [5, 5.41) is 7.22. The first kappa shape index (κ1) is 25.5. The standard InChI is InChI=1S/C25H32N4O4S/c1-7-28(8-2)34(31,32)21-12-13-24(33-17(3)4)23(15-21)27-25(30)22-16-26-29(19(22)6)20-11-9-10-18(5)14-20/h9-17H,7-8H2,1-6H3,(H,27,30). The number of anilines is 1. The molecule has 182 valence electrons. The number of amides is 1. The number of benzene rings is 2. The van der Waals surface area contributed by atoms with E-state index in [9.17, 15) is 13.2 Å². The van der Waals surface area contributed by atoms with Crippen molar-refractivity contribution in [3.05, 3.63) is 65.5 Å². The lowest BCUT2D eigenvalue weighted by atomic mass is 10.2. The normalized spacial score (nSPS) is 11.8. The number of carbonyl (C=O) groups is 1. The monoisotopic (exact) mass is 484 g/mol. The maximum Gasteiger partial charge on any atom is 0.259 e. The van der Waals surface area contributed by atoms with Gasteiger partial charge in [0.1, 0.15) is 5.75 Å². The summed E-state index contributed by atoms with van der Waals surface area (Å²) in [6.45, 7) is 11.8. The smallest absolute Gasteiger partial charge is 0.259 e. The Morgan fingerprint density at radius 3 is 2.44 bits per heavy atom. The maximum atomic E-state index is 13.2. The van der Waals surface area contributed by atoms with Crippen LogP contribution < -0.4 is 10.1 Å². The molecule has 9 heteroatoms. The molecule has 0 aliphatic rings. The zero-order chi connectivity index (χ0) is 25.0. The van der Waals surface area contributed by atoms with Crippen LogP contribution in [0.3, 0.4) is 0 Å². The Bertz CT molecular complexity index is 1280. The Morgan fingerprint density at radius 1 is 1.12 bits per heavy atom. The average Bonchev–Trinajstić information content (AvgIpc) is 3.16. The number of nitrogens with one attached hydrogen (secondary N) is 1. The zero-order valence-electron chi connectivity index (χ0n) is 20.5. The molecule has 0 saturated heterocycles. The van der Waals surface area contributed by atoms with E-state index in [0.717, 1.165) is 11.3 Å². The third kappa shape index (κ3) is 5.31. The number of aryl methyl sites for hydroxylation is 1. The van der Waals surface area contributed by atoms with Gasteiger partial charge < -0.3 is 10.1 Å². The highest BCUT2D eigenvalue weighted by Gasteiger charge is 2.24. The van der Waals surface area contributed by atoms with Crippen LogP contribution in [0.25, 0.3) is 5.69 Å². The molecule has 0 radical (unpaired) electrons. The number of nitrogens with zero attached hydrogens (tertiary/aromatic N) is 3. The molecule has 1 N–H and O–H groups in total. The van der Waals surface area contributed by atoms with Crippen LogP contribution in [0.15, 0.2) is 53.6 Å². The Hall–Kier alpha value is -3.17. The third-order valence-corrected chi connectivity index (χ3v) is 7.45. The van der Waals surface area contributed by atoms with Crippen molar-refractivity contribution in [1.82, 2.24) is 14.1 Å². The first-order valence-electron chi connectivity index (χ1n) is 11.3. The predicted octanol–water partition coefficient (Wildman–Crippen LogP) is 4.56. The summed E-state index contributed by atoms with van der Waals surface area (Å²) < 4.78 is 35.0. The lowest BCUT2D eigenvalue weighted by Gasteiger charge is -2.20. The summed E-state index contributed by atoms with van der Waals surface area (Å²) in [5.74, 6) is -0.00651. The lowest BCUT2D eigenvalue weighted by Crippen LogP contribution is -2.30. The van der Waals surface area contributed by atoms with Crippen LogP contribution in [0, 0.1) is 13.8 Å². The van der Waals surface area contributed by atoms with Gasteiger partial charge in [0.25, 0.3) is 5.91 Å². The van der Waals surface area contributed by atoms with Gasteiger partial charge in [-0.15, -0.1) is 0 Å². The molecule has 3 aromatic rings. The molecular weight excluding hydrogens is 452 g/mol. The summed E-state index contributed by atoms with van der Waals surface area (Å²) in [5.41, 5.74) is 3.28. The molecule has 2 aromatic carbocycles. The van der Waals surface area contributed by atoms with Crippen LogP contribution in [0.2, 0.25) is 0 Å². The van der Waals surface area contributed by atoms with Crippen molar-refractivity contribution in [3.8, 4) is 11.4 Å². The van der Waals surface area contributed by atoms with Gasteiger partial charge in [-0.2, -0.15) is 9.40 Å². The molecular formula is C25H32N4O4S. The first-order valence-corrected chi connectivity index (χ1v) is 12.8. The molecule has 1 aromatic heterocycles. The molecule has 0 aliphatic heterocycles. The van der Waals surface area contributed by atoms with Crippen LogP contribution in [0.1, 0.15) is 49.3 Å². The molecule has 0 aliphatic carbocycles. The number of sulfonamides is 1. The minimum absolute atomic E-state index is 0.0924. The summed E-state index contributed by atoms with van der Waals surface area (Å²) >= 11 is 0. The van der Waals surface area contributed by atoms with E-state index >= 15 is 0 Å². The van der Waals surface area contributed by atoms with Crippen molar-refractivity contribution >= 4 is 21.6 Å². The Kier molecular flexibility index (Phi) is 7.78. The van der Waals surface area contributed by atoms with Crippen molar-refractivity contribution in [2.75, 3.05) is 18.4 Å². The number of hydrogen-bond acceptors (Lipinski definition) is 5. The Morgan fingerprint density at radius 2 is 1.82 bits per heavy atom. The van der Waals surface area contributed by atoms with Gasteiger partial charge in [-0.1, -0.05) is 26.0 Å². The number of rotatable bonds is 9. The average molecular weight is 485 g/mol. The van der Waals surface area contributed by atoms with E-state index in [-0.39, 0.29) is 16.7 Å². The summed E-state index contributed by atoms with van der Waals surface area (Å²) in [7, 11) is -3.70. The van der Waals surface area contributed by atoms with E-state index in [4.69, 9.17) is 4.74 Å². The van der Waals surface area contributed by atoms with E-state index in [1.165, 1.54) is 22.6 Å². The van der Waals surface area contributed by atoms with E-state index in [0.29, 0.717) is 30.1 Å². The Labute approximate surface area is 201 Å². The van der Waals surface area contributed by atoms with Crippen LogP contribution in [0.4, 0.5) is 5.69 Å². The largest absolute Gasteiger partial charge is 0.489 e. The first-order chi connectivity index (χ1) is 16.1. The van der Waals surface area contributed by atoms with Gasteiger partial charge >= 0.3 is 0 Å². The molecule has 34 heavy (non-hydrogen) atoms. The minimum Gasteiger partial charge on any atom is -0.489 e. The quantitative estimate of drug-likeness (QED) is 0.481. The van der Waals surface area contributed by atoms with Gasteiger partial charge in [0.2, 0.25) is 10.0 Å². The summed E-state index contributed by atoms with van der Waals surface area (Å²) in [4.78, 5) is 13.3. The van der Waals surface area contributed by atoms with E-state index in [1.807, 2.05) is 52.0 Å². The van der Waals surface area contributed by atoms with Crippen molar-refractivity contribution in [3.63, 3.8) is 0 Å². The van der Waals surface area contributed by atoms with E-state index in [2.05, 4.69) is 10.4 Å². The highest BCUT2D eigenvalue weighted by Crippen LogP contribution is 2.31. The third-order valence-electron chi connectivity index (χ3n) is 5.41. The van der Waals surface area contributed by atoms with E-state index in [1.54, 1.807) is 24.6 Å². The zero-order valence-corrected chi connectivity index (χ0v) is 21.3. The van der Waals surface area contributed by atoms with Crippen molar-refractivity contribution in [1.29, 1.82) is 0 Å². The van der Waals surface area contributed by atoms with Crippen LogP contribution in [-0.2, 0) is 10.0 Å². The highest BCUT2D eigenvalue weighted by molar-refractivity contribution is 7.89.